The summed E-state index contributed by atoms with van der Waals surface area (Å²) in [6.07, 6.45) is 0. The molecule has 1 heteroatoms. The Kier molecular flexibility index (Phi) is 3.15. The zero-order chi connectivity index (χ0) is 8.67. The molecule has 0 unspecified atom stereocenters. The molecule has 1 nitrogen and oxygen atoms in total. The van der Waals surface area contributed by atoms with Gasteiger partial charge in [-0.15, -0.1) is 0 Å². The van der Waals surface area contributed by atoms with E-state index in [4.69, 9.17) is 4.42 Å². The molecule has 0 amide bonds. The minimum Gasteiger partial charge on any atom is -0.456 e. The molecule has 78 valence electrons. The lowest BCUT2D eigenvalue weighted by molar-refractivity contribution is 0.669. The van der Waals surface area contributed by atoms with Crippen molar-refractivity contribution in [3.8, 4) is 0 Å². The van der Waals surface area contributed by atoms with Crippen molar-refractivity contribution in [1.82, 2.24) is 0 Å². The van der Waals surface area contributed by atoms with Crippen LogP contribution in [-0.2, 0) is 0 Å². The van der Waals surface area contributed by atoms with Gasteiger partial charge in [-0.3, -0.25) is 0 Å². The standard InChI is InChI=1S/C12H8O.2CH4/c1-3-7-11-9(5-1)10-6-2-4-8-12(10)13-11;;/h1-8H;2*1H4. The predicted octanol–water partition coefficient (Wildman–Crippen LogP) is 4.86. The molecule has 15 heavy (non-hydrogen) atoms. The van der Waals surface area contributed by atoms with Gasteiger partial charge in [0.15, 0.2) is 0 Å². The van der Waals surface area contributed by atoms with Crippen LogP contribution in [0.5, 0.6) is 0 Å². The molecular formula is C14H16O. The zero-order valence-electron chi connectivity index (χ0n) is 7.03. The Morgan fingerprint density at radius 1 is 0.600 bits per heavy atom. The van der Waals surface area contributed by atoms with Gasteiger partial charge in [0.25, 0.3) is 0 Å². The van der Waals surface area contributed by atoms with Crippen LogP contribution in [0.2, 0.25) is 0 Å². The number of benzene rings is 2. The lowest BCUT2D eigenvalue weighted by Gasteiger charge is -1.85. The molecule has 0 N–H and O–H groups in total. The van der Waals surface area contributed by atoms with Crippen LogP contribution in [-0.4, -0.2) is 0 Å². The molecule has 0 radical (unpaired) electrons. The molecule has 3 aromatic rings. The van der Waals surface area contributed by atoms with E-state index in [9.17, 15) is 0 Å². The molecule has 2 aromatic carbocycles. The van der Waals surface area contributed by atoms with Crippen LogP contribution in [0.15, 0.2) is 52.9 Å². The second kappa shape index (κ2) is 4.18. The smallest absolute Gasteiger partial charge is 0.135 e. The third-order valence-electron chi connectivity index (χ3n) is 2.28. The molecule has 0 atom stereocenters. The molecular weight excluding hydrogens is 184 g/mol. The van der Waals surface area contributed by atoms with E-state index in [1.807, 2.05) is 36.4 Å². The van der Waals surface area contributed by atoms with E-state index >= 15 is 0 Å². The fourth-order valence-corrected chi connectivity index (χ4v) is 1.67. The first-order valence-electron chi connectivity index (χ1n) is 4.31. The summed E-state index contributed by atoms with van der Waals surface area (Å²) in [7, 11) is 0. The third kappa shape index (κ3) is 1.61. The van der Waals surface area contributed by atoms with Gasteiger partial charge in [-0.1, -0.05) is 51.3 Å². The first-order chi connectivity index (χ1) is 6.45. The van der Waals surface area contributed by atoms with Crippen molar-refractivity contribution >= 4 is 21.9 Å². The topological polar surface area (TPSA) is 13.1 Å². The maximum atomic E-state index is 5.65. The van der Waals surface area contributed by atoms with Gasteiger partial charge >= 0.3 is 0 Å². The molecule has 0 spiro atoms. The second-order valence-electron chi connectivity index (χ2n) is 3.09. The number of fused-ring (bicyclic) bond motifs is 3. The average Bonchev–Trinajstić information content (AvgIpc) is 2.56. The van der Waals surface area contributed by atoms with Crippen LogP contribution in [0, 0.1) is 0 Å². The number of furan rings is 1. The maximum absolute atomic E-state index is 5.65. The molecule has 0 saturated carbocycles. The van der Waals surface area contributed by atoms with E-state index in [1.165, 1.54) is 10.8 Å². The van der Waals surface area contributed by atoms with Gasteiger partial charge < -0.3 is 4.42 Å². The molecule has 3 rings (SSSR count). The van der Waals surface area contributed by atoms with E-state index in [2.05, 4.69) is 12.1 Å². The lowest BCUT2D eigenvalue weighted by Crippen LogP contribution is -1.62. The van der Waals surface area contributed by atoms with Crippen LogP contribution in [0.4, 0.5) is 0 Å². The van der Waals surface area contributed by atoms with Gasteiger partial charge in [-0.25, -0.2) is 0 Å². The summed E-state index contributed by atoms with van der Waals surface area (Å²) in [6.45, 7) is 0. The van der Waals surface area contributed by atoms with E-state index in [0.717, 1.165) is 11.2 Å². The lowest BCUT2D eigenvalue weighted by atomic mass is 10.2. The Morgan fingerprint density at radius 3 is 1.47 bits per heavy atom. The Labute approximate surface area is 90.3 Å². The monoisotopic (exact) mass is 200 g/mol. The molecule has 1 aromatic heterocycles. The Morgan fingerprint density at radius 2 is 1.00 bits per heavy atom. The van der Waals surface area contributed by atoms with E-state index in [0.29, 0.717) is 0 Å². The van der Waals surface area contributed by atoms with Crippen molar-refractivity contribution in [2.75, 3.05) is 0 Å². The molecule has 0 fully saturated rings. The highest BCUT2D eigenvalue weighted by Gasteiger charge is 2.03. The minimum absolute atomic E-state index is 0. The zero-order valence-corrected chi connectivity index (χ0v) is 7.03. The summed E-state index contributed by atoms with van der Waals surface area (Å²) in [4.78, 5) is 0. The molecule has 0 aliphatic rings. The number of rotatable bonds is 0. The number of hydrogen-bond donors (Lipinski definition) is 0. The molecule has 0 saturated heterocycles. The predicted molar refractivity (Wildman–Crippen MR) is 67.2 cm³/mol. The van der Waals surface area contributed by atoms with E-state index < -0.39 is 0 Å². The van der Waals surface area contributed by atoms with Crippen LogP contribution in [0.1, 0.15) is 14.9 Å². The summed E-state index contributed by atoms with van der Waals surface area (Å²) in [5, 5.41) is 2.39. The molecule has 1 heterocycles. The van der Waals surface area contributed by atoms with Gasteiger partial charge in [0.05, 0.1) is 0 Å². The Hall–Kier alpha value is -1.76. The summed E-state index contributed by atoms with van der Waals surface area (Å²) in [6, 6.07) is 16.2. The second-order valence-corrected chi connectivity index (χ2v) is 3.09. The van der Waals surface area contributed by atoms with Crippen LogP contribution in [0.3, 0.4) is 0 Å². The van der Waals surface area contributed by atoms with Gasteiger partial charge in [0.1, 0.15) is 11.2 Å². The highest BCUT2D eigenvalue weighted by atomic mass is 16.3. The number of hydrogen-bond acceptors (Lipinski definition) is 1. The van der Waals surface area contributed by atoms with Gasteiger partial charge in [0, 0.05) is 10.8 Å². The van der Waals surface area contributed by atoms with Crippen molar-refractivity contribution in [3.63, 3.8) is 0 Å². The fraction of sp³-hybridized carbons (Fsp3) is 0.143. The summed E-state index contributed by atoms with van der Waals surface area (Å²) >= 11 is 0. The van der Waals surface area contributed by atoms with Crippen LogP contribution >= 0.6 is 0 Å². The van der Waals surface area contributed by atoms with Crippen molar-refractivity contribution in [1.29, 1.82) is 0 Å². The fourth-order valence-electron chi connectivity index (χ4n) is 1.67. The van der Waals surface area contributed by atoms with Crippen molar-refractivity contribution in [3.05, 3.63) is 48.5 Å². The Bertz CT molecular complexity index is 513. The summed E-state index contributed by atoms with van der Waals surface area (Å²) in [5.41, 5.74) is 1.92. The molecule has 0 aliphatic heterocycles. The highest BCUT2D eigenvalue weighted by molar-refractivity contribution is 6.04. The SMILES string of the molecule is C.C.c1ccc2c(c1)oc1ccccc12. The van der Waals surface area contributed by atoms with Crippen molar-refractivity contribution in [2.45, 2.75) is 14.9 Å². The van der Waals surface area contributed by atoms with Crippen LogP contribution < -0.4 is 0 Å². The first kappa shape index (κ1) is 11.3. The van der Waals surface area contributed by atoms with Gasteiger partial charge in [-0.05, 0) is 12.1 Å². The first-order valence-corrected chi connectivity index (χ1v) is 4.31. The van der Waals surface area contributed by atoms with E-state index in [-0.39, 0.29) is 14.9 Å². The maximum Gasteiger partial charge on any atom is 0.135 e. The quantitative estimate of drug-likeness (QED) is 0.505. The molecule has 0 aliphatic carbocycles. The number of para-hydroxylation sites is 2. The van der Waals surface area contributed by atoms with Crippen molar-refractivity contribution < 1.29 is 4.42 Å². The normalized spacial score (nSPS) is 9.60. The van der Waals surface area contributed by atoms with Gasteiger partial charge in [0.2, 0.25) is 0 Å². The summed E-state index contributed by atoms with van der Waals surface area (Å²) < 4.78 is 5.65. The summed E-state index contributed by atoms with van der Waals surface area (Å²) in [5.74, 6) is 0. The Balaban J connectivity index is 0.000000562. The molecule has 0 bridgehead atoms. The largest absolute Gasteiger partial charge is 0.456 e. The van der Waals surface area contributed by atoms with Gasteiger partial charge in [-0.2, -0.15) is 0 Å². The minimum atomic E-state index is 0. The average molecular weight is 200 g/mol. The van der Waals surface area contributed by atoms with Crippen LogP contribution in [0.25, 0.3) is 21.9 Å². The van der Waals surface area contributed by atoms with E-state index in [1.54, 1.807) is 0 Å². The highest BCUT2D eigenvalue weighted by Crippen LogP contribution is 2.27. The third-order valence-corrected chi connectivity index (χ3v) is 2.28. The van der Waals surface area contributed by atoms with Crippen molar-refractivity contribution in [2.24, 2.45) is 0 Å².